The number of nitrogens with zero attached hydrogens (tertiary/aromatic N) is 1. The average molecular weight is 343 g/mol. The minimum Gasteiger partial charge on any atom is -0.478 e. The standard InChI is InChI=1S/C14H19BrN2O3/c1-3-4-5-8-17(2)14(20)16-12-9-10(15)6-7-11(12)13(18)19/h6-7,9H,3-5,8H2,1-2H3,(H,16,20)(H,18,19). The first kappa shape index (κ1) is 16.5. The topological polar surface area (TPSA) is 69.6 Å². The van der Waals surface area contributed by atoms with Crippen molar-refractivity contribution in [3.8, 4) is 0 Å². The van der Waals surface area contributed by atoms with E-state index in [1.54, 1.807) is 24.1 Å². The maximum Gasteiger partial charge on any atom is 0.337 e. The molecule has 0 aliphatic carbocycles. The van der Waals surface area contributed by atoms with E-state index in [9.17, 15) is 9.59 Å². The normalized spacial score (nSPS) is 10.2. The first-order chi connectivity index (χ1) is 9.45. The van der Waals surface area contributed by atoms with E-state index < -0.39 is 5.97 Å². The number of hydrogen-bond donors (Lipinski definition) is 2. The number of rotatable bonds is 6. The Balaban J connectivity index is 2.74. The van der Waals surface area contributed by atoms with Gasteiger partial charge in [0.1, 0.15) is 0 Å². The molecule has 0 atom stereocenters. The fraction of sp³-hybridized carbons (Fsp3) is 0.429. The quantitative estimate of drug-likeness (QED) is 0.772. The molecule has 5 nitrogen and oxygen atoms in total. The summed E-state index contributed by atoms with van der Waals surface area (Å²) in [5.74, 6) is -1.07. The van der Waals surface area contributed by atoms with Crippen LogP contribution < -0.4 is 5.32 Å². The summed E-state index contributed by atoms with van der Waals surface area (Å²) < 4.78 is 0.714. The summed E-state index contributed by atoms with van der Waals surface area (Å²) >= 11 is 3.27. The van der Waals surface area contributed by atoms with Gasteiger partial charge in [-0.1, -0.05) is 35.7 Å². The van der Waals surface area contributed by atoms with Crippen LogP contribution in [0.25, 0.3) is 0 Å². The van der Waals surface area contributed by atoms with Gasteiger partial charge in [0, 0.05) is 18.1 Å². The highest BCUT2D eigenvalue weighted by Crippen LogP contribution is 2.22. The van der Waals surface area contributed by atoms with E-state index in [1.807, 2.05) is 0 Å². The second-order valence-electron chi connectivity index (χ2n) is 4.55. The SMILES string of the molecule is CCCCCN(C)C(=O)Nc1cc(Br)ccc1C(=O)O. The van der Waals surface area contributed by atoms with Crippen LogP contribution >= 0.6 is 15.9 Å². The first-order valence-corrected chi connectivity index (χ1v) is 7.30. The van der Waals surface area contributed by atoms with Gasteiger partial charge in [0.25, 0.3) is 0 Å². The lowest BCUT2D eigenvalue weighted by Crippen LogP contribution is -2.32. The second-order valence-corrected chi connectivity index (χ2v) is 5.47. The number of aromatic carboxylic acids is 1. The number of benzene rings is 1. The minimum atomic E-state index is -1.07. The van der Waals surface area contributed by atoms with Gasteiger partial charge in [0.05, 0.1) is 11.3 Å². The van der Waals surface area contributed by atoms with Crippen molar-refractivity contribution in [2.24, 2.45) is 0 Å². The van der Waals surface area contributed by atoms with Crippen LogP contribution in [-0.2, 0) is 0 Å². The van der Waals surface area contributed by atoms with Gasteiger partial charge in [-0.25, -0.2) is 9.59 Å². The lowest BCUT2D eigenvalue weighted by molar-refractivity contribution is 0.0698. The zero-order valence-electron chi connectivity index (χ0n) is 11.6. The molecule has 0 aliphatic rings. The molecular formula is C14H19BrN2O3. The fourth-order valence-electron chi connectivity index (χ4n) is 1.72. The van der Waals surface area contributed by atoms with Gasteiger partial charge in [-0.3, -0.25) is 0 Å². The molecule has 0 bridgehead atoms. The smallest absolute Gasteiger partial charge is 0.337 e. The van der Waals surface area contributed by atoms with Crippen molar-refractivity contribution in [2.75, 3.05) is 18.9 Å². The number of anilines is 1. The second kappa shape index (κ2) is 7.89. The van der Waals surface area contributed by atoms with E-state index in [0.717, 1.165) is 19.3 Å². The number of carbonyl (C=O) groups excluding carboxylic acids is 1. The van der Waals surface area contributed by atoms with Crippen molar-refractivity contribution in [2.45, 2.75) is 26.2 Å². The number of hydrogen-bond acceptors (Lipinski definition) is 2. The molecule has 0 unspecified atom stereocenters. The Labute approximate surface area is 127 Å². The molecule has 1 aromatic carbocycles. The van der Waals surface area contributed by atoms with Crippen molar-refractivity contribution in [1.29, 1.82) is 0 Å². The number of carboxylic acids is 1. The summed E-state index contributed by atoms with van der Waals surface area (Å²) in [7, 11) is 1.70. The molecule has 110 valence electrons. The van der Waals surface area contributed by atoms with E-state index in [2.05, 4.69) is 28.2 Å². The molecule has 20 heavy (non-hydrogen) atoms. The van der Waals surface area contributed by atoms with Crippen LogP contribution in [0, 0.1) is 0 Å². The van der Waals surface area contributed by atoms with Crippen LogP contribution in [0.5, 0.6) is 0 Å². The van der Waals surface area contributed by atoms with E-state index >= 15 is 0 Å². The summed E-state index contributed by atoms with van der Waals surface area (Å²) in [5.41, 5.74) is 0.364. The van der Waals surface area contributed by atoms with Crippen LogP contribution in [0.3, 0.4) is 0 Å². The third kappa shape index (κ3) is 4.85. The molecule has 0 spiro atoms. The van der Waals surface area contributed by atoms with E-state index in [-0.39, 0.29) is 11.6 Å². The van der Waals surface area contributed by atoms with E-state index in [1.165, 1.54) is 6.07 Å². The largest absolute Gasteiger partial charge is 0.478 e. The molecule has 6 heteroatoms. The van der Waals surface area contributed by atoms with Crippen molar-refractivity contribution < 1.29 is 14.7 Å². The van der Waals surface area contributed by atoms with Gasteiger partial charge in [-0.15, -0.1) is 0 Å². The highest BCUT2D eigenvalue weighted by Gasteiger charge is 2.15. The van der Waals surface area contributed by atoms with Crippen LogP contribution in [0.1, 0.15) is 36.5 Å². The van der Waals surface area contributed by atoms with Crippen LogP contribution in [0.4, 0.5) is 10.5 Å². The summed E-state index contributed by atoms with van der Waals surface area (Å²) in [6.45, 7) is 2.75. The number of unbranched alkanes of at least 4 members (excludes halogenated alkanes) is 2. The molecule has 2 amide bonds. The Hall–Kier alpha value is -1.56. The maximum atomic E-state index is 12.0. The number of nitrogens with one attached hydrogen (secondary N) is 1. The molecule has 0 aromatic heterocycles. The highest BCUT2D eigenvalue weighted by molar-refractivity contribution is 9.10. The molecule has 0 radical (unpaired) electrons. The van der Waals surface area contributed by atoms with Crippen LogP contribution in [-0.4, -0.2) is 35.6 Å². The molecule has 0 saturated carbocycles. The molecular weight excluding hydrogens is 324 g/mol. The predicted molar refractivity (Wildman–Crippen MR) is 82.3 cm³/mol. The molecule has 1 aromatic rings. The van der Waals surface area contributed by atoms with Crippen LogP contribution in [0.2, 0.25) is 0 Å². The van der Waals surface area contributed by atoms with Crippen molar-refractivity contribution in [3.05, 3.63) is 28.2 Å². The van der Waals surface area contributed by atoms with E-state index in [0.29, 0.717) is 16.7 Å². The van der Waals surface area contributed by atoms with Crippen molar-refractivity contribution in [1.82, 2.24) is 4.90 Å². The molecule has 0 saturated heterocycles. The zero-order chi connectivity index (χ0) is 15.1. The van der Waals surface area contributed by atoms with Gasteiger partial charge in [0.15, 0.2) is 0 Å². The number of carboxylic acid groups (broad SMARTS) is 1. The average Bonchev–Trinajstić information content (AvgIpc) is 2.38. The Morgan fingerprint density at radius 1 is 1.35 bits per heavy atom. The third-order valence-electron chi connectivity index (χ3n) is 2.90. The number of carbonyl (C=O) groups is 2. The molecule has 0 fully saturated rings. The Morgan fingerprint density at radius 2 is 2.05 bits per heavy atom. The monoisotopic (exact) mass is 342 g/mol. The van der Waals surface area contributed by atoms with Gasteiger partial charge in [-0.05, 0) is 24.6 Å². The zero-order valence-corrected chi connectivity index (χ0v) is 13.2. The molecule has 0 heterocycles. The maximum absolute atomic E-state index is 12.0. The molecule has 2 N–H and O–H groups in total. The number of urea groups is 1. The van der Waals surface area contributed by atoms with Crippen molar-refractivity contribution in [3.63, 3.8) is 0 Å². The first-order valence-electron chi connectivity index (χ1n) is 6.50. The Kier molecular flexibility index (Phi) is 6.51. The lowest BCUT2D eigenvalue weighted by Gasteiger charge is -2.18. The van der Waals surface area contributed by atoms with Gasteiger partial charge < -0.3 is 15.3 Å². The summed E-state index contributed by atoms with van der Waals surface area (Å²) in [6.07, 6.45) is 3.09. The highest BCUT2D eigenvalue weighted by atomic mass is 79.9. The van der Waals surface area contributed by atoms with Crippen molar-refractivity contribution >= 4 is 33.6 Å². The lowest BCUT2D eigenvalue weighted by atomic mass is 10.2. The molecule has 1 rings (SSSR count). The van der Waals surface area contributed by atoms with Gasteiger partial charge in [-0.2, -0.15) is 0 Å². The Morgan fingerprint density at radius 3 is 2.65 bits per heavy atom. The fourth-order valence-corrected chi connectivity index (χ4v) is 2.08. The molecule has 0 aliphatic heterocycles. The number of amides is 2. The summed E-state index contributed by atoms with van der Waals surface area (Å²) in [6, 6.07) is 4.37. The number of halogens is 1. The van der Waals surface area contributed by atoms with Crippen LogP contribution in [0.15, 0.2) is 22.7 Å². The minimum absolute atomic E-state index is 0.0727. The third-order valence-corrected chi connectivity index (χ3v) is 3.39. The predicted octanol–water partition coefficient (Wildman–Crippen LogP) is 3.80. The van der Waals surface area contributed by atoms with Gasteiger partial charge in [0.2, 0.25) is 0 Å². The summed E-state index contributed by atoms with van der Waals surface area (Å²) in [4.78, 5) is 24.7. The van der Waals surface area contributed by atoms with Gasteiger partial charge >= 0.3 is 12.0 Å². The Bertz CT molecular complexity index is 491. The summed E-state index contributed by atoms with van der Waals surface area (Å²) in [5, 5.41) is 11.7. The van der Waals surface area contributed by atoms with E-state index in [4.69, 9.17) is 5.11 Å².